The Labute approximate surface area is 53.9 Å². The quantitative estimate of drug-likeness (QED) is 0.469. The van der Waals surface area contributed by atoms with Gasteiger partial charge in [-0.2, -0.15) is 8.42 Å². The molecular weight excluding hydrogens is 144 g/mol. The molecule has 0 saturated carbocycles. The summed E-state index contributed by atoms with van der Waals surface area (Å²) in [4.78, 5) is 0. The van der Waals surface area contributed by atoms with Crippen LogP contribution in [-0.4, -0.2) is 18.4 Å². The van der Waals surface area contributed by atoms with Gasteiger partial charge in [0.1, 0.15) is 0 Å². The van der Waals surface area contributed by atoms with Crippen LogP contribution in [0.3, 0.4) is 0 Å². The fourth-order valence-corrected chi connectivity index (χ4v) is 0.425. The van der Waals surface area contributed by atoms with Gasteiger partial charge in [0.25, 0.3) is 0 Å². The third kappa shape index (κ3) is 3.10. The van der Waals surface area contributed by atoms with Gasteiger partial charge in [0, 0.05) is 0 Å². The highest BCUT2D eigenvalue weighted by molar-refractivity contribution is 7.86. The molecule has 0 saturated heterocycles. The molecule has 0 aromatic rings. The molecule has 54 valence electrons. The second-order valence-electron chi connectivity index (χ2n) is 1.39. The third-order valence-corrected chi connectivity index (χ3v) is 1.66. The van der Waals surface area contributed by atoms with Gasteiger partial charge >= 0.3 is 10.1 Å². The molecule has 1 unspecified atom stereocenters. The molecule has 5 heteroatoms. The fraction of sp³-hybridized carbons (Fsp3) is 0.500. The standard InChI is InChI=1S/C4H8O4S/c1-3-8-4(2)9(5,6)7/h3-4H,1H2,2H3,(H,5,6,7). The van der Waals surface area contributed by atoms with E-state index in [1.165, 1.54) is 6.92 Å². The van der Waals surface area contributed by atoms with Crippen LogP contribution in [0.4, 0.5) is 0 Å². The maximum atomic E-state index is 10.1. The van der Waals surface area contributed by atoms with Crippen molar-refractivity contribution in [1.29, 1.82) is 0 Å². The van der Waals surface area contributed by atoms with Gasteiger partial charge in [-0.1, -0.05) is 6.58 Å². The molecule has 0 radical (unpaired) electrons. The Hall–Kier alpha value is -0.550. The minimum absolute atomic E-state index is 0.957. The zero-order chi connectivity index (χ0) is 7.49. The molecule has 0 heterocycles. The summed E-state index contributed by atoms with van der Waals surface area (Å²) in [5, 5.41) is 0. The van der Waals surface area contributed by atoms with E-state index in [2.05, 4.69) is 11.3 Å². The Morgan fingerprint density at radius 3 is 2.33 bits per heavy atom. The van der Waals surface area contributed by atoms with Crippen molar-refractivity contribution in [2.45, 2.75) is 12.4 Å². The van der Waals surface area contributed by atoms with Crippen LogP contribution in [0.5, 0.6) is 0 Å². The van der Waals surface area contributed by atoms with Crippen molar-refractivity contribution in [2.24, 2.45) is 0 Å². The normalized spacial score (nSPS) is 14.4. The molecule has 1 N–H and O–H groups in total. The number of rotatable bonds is 3. The lowest BCUT2D eigenvalue weighted by Crippen LogP contribution is -2.17. The van der Waals surface area contributed by atoms with Crippen molar-refractivity contribution < 1.29 is 17.7 Å². The van der Waals surface area contributed by atoms with Crippen LogP contribution in [0, 0.1) is 0 Å². The highest BCUT2D eigenvalue weighted by Gasteiger charge is 2.15. The van der Waals surface area contributed by atoms with Crippen molar-refractivity contribution in [2.75, 3.05) is 0 Å². The van der Waals surface area contributed by atoms with Gasteiger partial charge in [0.15, 0.2) is 0 Å². The van der Waals surface area contributed by atoms with Crippen molar-refractivity contribution >= 4 is 10.1 Å². The first-order chi connectivity index (χ1) is 3.98. The Bertz CT molecular complexity index is 181. The van der Waals surface area contributed by atoms with Gasteiger partial charge < -0.3 is 4.74 Å². The average Bonchev–Trinajstić information content (AvgIpc) is 1.64. The van der Waals surface area contributed by atoms with E-state index in [0.29, 0.717) is 0 Å². The Morgan fingerprint density at radius 1 is 1.78 bits per heavy atom. The molecular formula is C4H8O4S. The lowest BCUT2D eigenvalue weighted by atomic mass is 10.8. The van der Waals surface area contributed by atoms with E-state index in [9.17, 15) is 8.42 Å². The smallest absolute Gasteiger partial charge is 0.303 e. The van der Waals surface area contributed by atoms with Gasteiger partial charge in [-0.25, -0.2) is 0 Å². The van der Waals surface area contributed by atoms with Crippen LogP contribution in [0.1, 0.15) is 6.92 Å². The van der Waals surface area contributed by atoms with E-state index >= 15 is 0 Å². The minimum atomic E-state index is -4.06. The van der Waals surface area contributed by atoms with Crippen molar-refractivity contribution in [3.63, 3.8) is 0 Å². The summed E-state index contributed by atoms with van der Waals surface area (Å²) in [6.07, 6.45) is 0.957. The van der Waals surface area contributed by atoms with Crippen molar-refractivity contribution in [3.8, 4) is 0 Å². The van der Waals surface area contributed by atoms with E-state index in [4.69, 9.17) is 4.55 Å². The van der Waals surface area contributed by atoms with Gasteiger partial charge in [0.05, 0.1) is 6.26 Å². The molecule has 0 fully saturated rings. The second-order valence-corrected chi connectivity index (χ2v) is 3.08. The van der Waals surface area contributed by atoms with Crippen LogP contribution in [0.15, 0.2) is 12.8 Å². The first-order valence-corrected chi connectivity index (χ1v) is 3.71. The third-order valence-electron chi connectivity index (χ3n) is 0.707. The first kappa shape index (κ1) is 8.45. The summed E-state index contributed by atoms with van der Waals surface area (Å²) >= 11 is 0. The monoisotopic (exact) mass is 152 g/mol. The van der Waals surface area contributed by atoms with Crippen LogP contribution in [0.2, 0.25) is 0 Å². The van der Waals surface area contributed by atoms with Crippen molar-refractivity contribution in [1.82, 2.24) is 0 Å². The summed E-state index contributed by atoms with van der Waals surface area (Å²) in [5.74, 6) is 0. The maximum absolute atomic E-state index is 10.1. The minimum Gasteiger partial charge on any atom is -0.481 e. The summed E-state index contributed by atoms with van der Waals surface area (Å²) < 4.78 is 32.8. The number of ether oxygens (including phenoxy) is 1. The Balaban J connectivity index is 4.05. The van der Waals surface area contributed by atoms with Gasteiger partial charge in [-0.05, 0) is 6.92 Å². The van der Waals surface area contributed by atoms with Crippen molar-refractivity contribution in [3.05, 3.63) is 12.8 Å². The molecule has 0 amide bonds. The fourth-order valence-electron chi connectivity index (χ4n) is 0.206. The van der Waals surface area contributed by atoms with Gasteiger partial charge in [-0.3, -0.25) is 4.55 Å². The van der Waals surface area contributed by atoms with Gasteiger partial charge in [-0.15, -0.1) is 0 Å². The molecule has 0 aromatic carbocycles. The predicted octanol–water partition coefficient (Wildman–Crippen LogP) is 0.380. The SMILES string of the molecule is C=COC(C)S(=O)(=O)O. The van der Waals surface area contributed by atoms with E-state index in [1.54, 1.807) is 0 Å². The highest BCUT2D eigenvalue weighted by atomic mass is 32.2. The van der Waals surface area contributed by atoms with E-state index in [0.717, 1.165) is 6.26 Å². The summed E-state index contributed by atoms with van der Waals surface area (Å²) in [6, 6.07) is 0. The Morgan fingerprint density at radius 2 is 2.22 bits per heavy atom. The first-order valence-electron chi connectivity index (χ1n) is 2.21. The predicted molar refractivity (Wildman–Crippen MR) is 32.3 cm³/mol. The van der Waals surface area contributed by atoms with E-state index in [1.807, 2.05) is 0 Å². The number of hydrogen-bond acceptors (Lipinski definition) is 3. The van der Waals surface area contributed by atoms with Crippen LogP contribution in [0.25, 0.3) is 0 Å². The molecule has 1 atom stereocenters. The summed E-state index contributed by atoms with van der Waals surface area (Å²) in [5.41, 5.74) is -1.23. The van der Waals surface area contributed by atoms with E-state index < -0.39 is 15.6 Å². The molecule has 0 aliphatic rings. The zero-order valence-electron chi connectivity index (χ0n) is 4.94. The molecule has 0 spiro atoms. The molecule has 0 rings (SSSR count). The second kappa shape index (κ2) is 2.84. The topological polar surface area (TPSA) is 63.6 Å². The highest BCUT2D eigenvalue weighted by Crippen LogP contribution is 1.98. The lowest BCUT2D eigenvalue weighted by Gasteiger charge is -2.05. The zero-order valence-corrected chi connectivity index (χ0v) is 5.76. The molecule has 0 bridgehead atoms. The lowest BCUT2D eigenvalue weighted by molar-refractivity contribution is 0.215. The molecule has 4 nitrogen and oxygen atoms in total. The molecule has 0 aliphatic carbocycles. The largest absolute Gasteiger partial charge is 0.481 e. The van der Waals surface area contributed by atoms with E-state index in [-0.39, 0.29) is 0 Å². The van der Waals surface area contributed by atoms with Crippen LogP contribution < -0.4 is 0 Å². The van der Waals surface area contributed by atoms with Crippen LogP contribution in [-0.2, 0) is 14.9 Å². The molecule has 9 heavy (non-hydrogen) atoms. The average molecular weight is 152 g/mol. The molecule has 0 aliphatic heterocycles. The molecule has 0 aromatic heterocycles. The van der Waals surface area contributed by atoms with Gasteiger partial charge in [0.2, 0.25) is 5.44 Å². The Kier molecular flexibility index (Phi) is 2.66. The van der Waals surface area contributed by atoms with Crippen LogP contribution >= 0.6 is 0 Å². The maximum Gasteiger partial charge on any atom is 0.303 e. The summed E-state index contributed by atoms with van der Waals surface area (Å²) in [7, 11) is -4.06. The summed E-state index contributed by atoms with van der Waals surface area (Å²) in [6.45, 7) is 4.32. The number of hydrogen-bond donors (Lipinski definition) is 1.